The van der Waals surface area contributed by atoms with E-state index >= 15 is 0 Å². The summed E-state index contributed by atoms with van der Waals surface area (Å²) in [6.07, 6.45) is 0. The molecule has 0 aliphatic carbocycles. The molecule has 2 aromatic rings. The highest BCUT2D eigenvalue weighted by atomic mass is 35.5. The normalized spacial score (nSPS) is 10.2. The van der Waals surface area contributed by atoms with Gasteiger partial charge in [-0.3, -0.25) is 4.79 Å². The highest BCUT2D eigenvalue weighted by Gasteiger charge is 2.06. The highest BCUT2D eigenvalue weighted by Crippen LogP contribution is 2.24. The summed E-state index contributed by atoms with van der Waals surface area (Å²) in [5.74, 6) is 0.399. The van der Waals surface area contributed by atoms with Gasteiger partial charge in [-0.1, -0.05) is 48.0 Å². The van der Waals surface area contributed by atoms with Gasteiger partial charge in [-0.05, 0) is 23.3 Å². The summed E-state index contributed by atoms with van der Waals surface area (Å²) in [4.78, 5) is 11.2. The molecule has 21 heavy (non-hydrogen) atoms. The second-order valence-electron chi connectivity index (χ2n) is 4.40. The molecule has 110 valence electrons. The summed E-state index contributed by atoms with van der Waals surface area (Å²) in [6.45, 7) is 0.810. The number of carbonyl (C=O) groups excluding carboxylic acids is 1. The largest absolute Gasteiger partial charge is 0.487 e. The van der Waals surface area contributed by atoms with E-state index in [0.717, 1.165) is 11.1 Å². The Morgan fingerprint density at radius 2 is 1.71 bits per heavy atom. The number of halogens is 2. The Hall–Kier alpha value is -1.71. The molecule has 0 radical (unpaired) electrons. The molecule has 0 aliphatic heterocycles. The maximum absolute atomic E-state index is 11.2. The van der Waals surface area contributed by atoms with Crippen molar-refractivity contribution in [3.63, 3.8) is 0 Å². The molecule has 2 rings (SSSR count). The zero-order valence-corrected chi connectivity index (χ0v) is 12.8. The van der Waals surface area contributed by atoms with Gasteiger partial charge in [-0.2, -0.15) is 0 Å². The van der Waals surface area contributed by atoms with Crippen molar-refractivity contribution in [2.45, 2.75) is 13.2 Å². The van der Waals surface area contributed by atoms with Crippen LogP contribution in [0.3, 0.4) is 0 Å². The van der Waals surface area contributed by atoms with Gasteiger partial charge < -0.3 is 10.1 Å². The average molecular weight is 324 g/mol. The lowest BCUT2D eigenvalue weighted by Crippen LogP contribution is -2.24. The van der Waals surface area contributed by atoms with E-state index in [1.807, 2.05) is 42.5 Å². The fourth-order valence-electron chi connectivity index (χ4n) is 1.83. The zero-order chi connectivity index (χ0) is 15.1. The van der Waals surface area contributed by atoms with Crippen LogP contribution in [0.5, 0.6) is 5.75 Å². The monoisotopic (exact) mass is 323 g/mol. The Balaban J connectivity index is 2.03. The van der Waals surface area contributed by atoms with Gasteiger partial charge >= 0.3 is 0 Å². The van der Waals surface area contributed by atoms with Crippen molar-refractivity contribution in [3.05, 3.63) is 64.7 Å². The third kappa shape index (κ3) is 4.66. The van der Waals surface area contributed by atoms with Gasteiger partial charge in [-0.15, -0.1) is 11.6 Å². The van der Waals surface area contributed by atoms with Crippen LogP contribution in [0.4, 0.5) is 0 Å². The fraction of sp³-hybridized carbons (Fsp3) is 0.188. The molecule has 0 saturated carbocycles. The SMILES string of the molecule is O=C(CCl)NCc1ccccc1COc1ccccc1Cl. The molecular weight excluding hydrogens is 309 g/mol. The third-order valence-corrected chi connectivity index (χ3v) is 3.49. The number of amides is 1. The standard InChI is InChI=1S/C16H15Cl2NO2/c17-9-16(20)19-10-12-5-1-2-6-13(12)11-21-15-8-4-3-7-14(15)18/h1-8H,9-11H2,(H,19,20). The van der Waals surface area contributed by atoms with Crippen molar-refractivity contribution >= 4 is 29.1 Å². The van der Waals surface area contributed by atoms with Crippen molar-refractivity contribution in [1.82, 2.24) is 5.32 Å². The van der Waals surface area contributed by atoms with Crippen LogP contribution in [-0.2, 0) is 17.9 Å². The van der Waals surface area contributed by atoms with E-state index in [2.05, 4.69) is 5.32 Å². The molecule has 0 atom stereocenters. The van der Waals surface area contributed by atoms with Crippen molar-refractivity contribution in [2.75, 3.05) is 5.88 Å². The van der Waals surface area contributed by atoms with Gasteiger partial charge in [0.05, 0.1) is 5.02 Å². The molecule has 0 saturated heterocycles. The van der Waals surface area contributed by atoms with Crippen LogP contribution < -0.4 is 10.1 Å². The van der Waals surface area contributed by atoms with E-state index in [9.17, 15) is 4.79 Å². The maximum Gasteiger partial charge on any atom is 0.235 e. The molecule has 5 heteroatoms. The molecule has 1 N–H and O–H groups in total. The summed E-state index contributed by atoms with van der Waals surface area (Å²) in [7, 11) is 0. The second-order valence-corrected chi connectivity index (χ2v) is 5.07. The lowest BCUT2D eigenvalue weighted by Gasteiger charge is -2.12. The van der Waals surface area contributed by atoms with Gasteiger partial charge in [0.25, 0.3) is 0 Å². The molecule has 0 heterocycles. The van der Waals surface area contributed by atoms with E-state index in [-0.39, 0.29) is 11.8 Å². The number of para-hydroxylation sites is 1. The summed E-state index contributed by atoms with van der Waals surface area (Å²) in [5, 5.41) is 3.32. The summed E-state index contributed by atoms with van der Waals surface area (Å²) in [5.41, 5.74) is 1.98. The van der Waals surface area contributed by atoms with Crippen LogP contribution in [-0.4, -0.2) is 11.8 Å². The molecule has 3 nitrogen and oxygen atoms in total. The van der Waals surface area contributed by atoms with Crippen molar-refractivity contribution < 1.29 is 9.53 Å². The van der Waals surface area contributed by atoms with E-state index in [4.69, 9.17) is 27.9 Å². The molecule has 0 fully saturated rings. The maximum atomic E-state index is 11.2. The summed E-state index contributed by atoms with van der Waals surface area (Å²) < 4.78 is 5.73. The minimum Gasteiger partial charge on any atom is -0.487 e. The Morgan fingerprint density at radius 3 is 2.43 bits per heavy atom. The van der Waals surface area contributed by atoms with Crippen molar-refractivity contribution in [2.24, 2.45) is 0 Å². The number of nitrogens with one attached hydrogen (secondary N) is 1. The predicted octanol–water partition coefficient (Wildman–Crippen LogP) is 3.77. The number of alkyl halides is 1. The number of benzene rings is 2. The van der Waals surface area contributed by atoms with Crippen LogP contribution in [0.1, 0.15) is 11.1 Å². The first-order chi connectivity index (χ1) is 10.2. The van der Waals surface area contributed by atoms with E-state index < -0.39 is 0 Å². The van der Waals surface area contributed by atoms with Gasteiger partial charge in [0.15, 0.2) is 0 Å². The molecule has 0 unspecified atom stereocenters. The van der Waals surface area contributed by atoms with Crippen LogP contribution in [0.25, 0.3) is 0 Å². The molecule has 0 bridgehead atoms. The lowest BCUT2D eigenvalue weighted by molar-refractivity contribution is -0.118. The van der Waals surface area contributed by atoms with Crippen LogP contribution in [0.2, 0.25) is 5.02 Å². The van der Waals surface area contributed by atoms with Crippen LogP contribution >= 0.6 is 23.2 Å². The number of hydrogen-bond acceptors (Lipinski definition) is 2. The molecule has 2 aromatic carbocycles. The van der Waals surface area contributed by atoms with E-state index in [1.165, 1.54) is 0 Å². The van der Waals surface area contributed by atoms with Gasteiger partial charge in [0.2, 0.25) is 5.91 Å². The van der Waals surface area contributed by atoms with E-state index in [1.54, 1.807) is 6.07 Å². The number of hydrogen-bond donors (Lipinski definition) is 1. The van der Waals surface area contributed by atoms with Crippen molar-refractivity contribution in [1.29, 1.82) is 0 Å². The van der Waals surface area contributed by atoms with E-state index in [0.29, 0.717) is 23.9 Å². The topological polar surface area (TPSA) is 38.3 Å². The zero-order valence-electron chi connectivity index (χ0n) is 11.3. The first-order valence-electron chi connectivity index (χ1n) is 6.47. The molecule has 0 aromatic heterocycles. The Labute approximate surface area is 133 Å². The first-order valence-corrected chi connectivity index (χ1v) is 7.38. The van der Waals surface area contributed by atoms with Crippen LogP contribution in [0.15, 0.2) is 48.5 Å². The third-order valence-electron chi connectivity index (χ3n) is 2.94. The number of ether oxygens (including phenoxy) is 1. The molecule has 0 aliphatic rings. The fourth-order valence-corrected chi connectivity index (χ4v) is 2.11. The molecule has 0 spiro atoms. The van der Waals surface area contributed by atoms with Gasteiger partial charge in [0.1, 0.15) is 18.2 Å². The Kier molecular flexibility index (Phi) is 5.90. The van der Waals surface area contributed by atoms with Crippen LogP contribution in [0, 0.1) is 0 Å². The number of rotatable bonds is 6. The van der Waals surface area contributed by atoms with Gasteiger partial charge in [-0.25, -0.2) is 0 Å². The highest BCUT2D eigenvalue weighted by molar-refractivity contribution is 6.32. The first kappa shape index (κ1) is 15.7. The average Bonchev–Trinajstić information content (AvgIpc) is 2.52. The Morgan fingerprint density at radius 1 is 1.05 bits per heavy atom. The molecule has 1 amide bonds. The van der Waals surface area contributed by atoms with Gasteiger partial charge in [0, 0.05) is 6.54 Å². The predicted molar refractivity (Wildman–Crippen MR) is 84.8 cm³/mol. The number of carbonyl (C=O) groups is 1. The minimum atomic E-state index is -0.196. The quantitative estimate of drug-likeness (QED) is 0.822. The second kappa shape index (κ2) is 7.91. The lowest BCUT2D eigenvalue weighted by atomic mass is 10.1. The molecular formula is C16H15Cl2NO2. The van der Waals surface area contributed by atoms with Crippen molar-refractivity contribution in [3.8, 4) is 5.75 Å². The Bertz CT molecular complexity index is 617. The summed E-state index contributed by atoms with van der Waals surface area (Å²) in [6, 6.07) is 15.1. The minimum absolute atomic E-state index is 0.0434. The smallest absolute Gasteiger partial charge is 0.235 e. The summed E-state index contributed by atoms with van der Waals surface area (Å²) >= 11 is 11.5.